The fourth-order valence-electron chi connectivity index (χ4n) is 3.30. The summed E-state index contributed by atoms with van der Waals surface area (Å²) in [7, 11) is 1.65. The normalized spacial score (nSPS) is 10.9. The van der Waals surface area contributed by atoms with Gasteiger partial charge in [0.25, 0.3) is 0 Å². The molecule has 0 atom stereocenters. The molecule has 0 aliphatic heterocycles. The Morgan fingerprint density at radius 2 is 1.81 bits per heavy atom. The number of amides is 1. The van der Waals surface area contributed by atoms with Gasteiger partial charge in [-0.15, -0.1) is 11.8 Å². The van der Waals surface area contributed by atoms with Gasteiger partial charge >= 0.3 is 0 Å². The fourth-order valence-corrected chi connectivity index (χ4v) is 4.98. The zero-order valence-electron chi connectivity index (χ0n) is 17.6. The monoisotopic (exact) mass is 448 g/mol. The third kappa shape index (κ3) is 5.27. The molecule has 1 amide bonds. The SMILES string of the molecule is CCSc1ccc(CC(=O)N(Cc2ccccc2)c2nc3ccc(OC)cc3s2)cc1. The van der Waals surface area contributed by atoms with Gasteiger partial charge in [0, 0.05) is 4.90 Å². The molecule has 0 radical (unpaired) electrons. The second-order valence-electron chi connectivity index (χ2n) is 7.05. The number of carbonyl (C=O) groups is 1. The van der Waals surface area contributed by atoms with E-state index in [0.717, 1.165) is 32.8 Å². The van der Waals surface area contributed by atoms with Gasteiger partial charge in [-0.1, -0.05) is 60.7 Å². The van der Waals surface area contributed by atoms with E-state index in [1.807, 2.05) is 60.7 Å². The molecule has 0 saturated heterocycles. The summed E-state index contributed by atoms with van der Waals surface area (Å²) in [6.07, 6.45) is 0.336. The number of fused-ring (bicyclic) bond motifs is 1. The standard InChI is InChI=1S/C25H24N2O2S2/c1-3-30-21-12-9-18(10-13-21)15-24(28)27(17-19-7-5-4-6-8-19)25-26-22-14-11-20(29-2)16-23(22)31-25/h4-14,16H,3,15,17H2,1-2H3. The third-order valence-corrected chi connectivity index (χ3v) is 6.82. The average molecular weight is 449 g/mol. The van der Waals surface area contributed by atoms with Gasteiger partial charge in [-0.2, -0.15) is 0 Å². The highest BCUT2D eigenvalue weighted by Gasteiger charge is 2.21. The minimum atomic E-state index is 0.0331. The molecule has 4 nitrogen and oxygen atoms in total. The van der Waals surface area contributed by atoms with Crippen molar-refractivity contribution in [3.05, 3.63) is 83.9 Å². The second kappa shape index (κ2) is 9.98. The van der Waals surface area contributed by atoms with Crippen molar-refractivity contribution in [1.29, 1.82) is 0 Å². The van der Waals surface area contributed by atoms with Gasteiger partial charge in [0.1, 0.15) is 5.75 Å². The van der Waals surface area contributed by atoms with Crippen LogP contribution in [-0.4, -0.2) is 23.8 Å². The molecule has 0 unspecified atom stereocenters. The maximum Gasteiger partial charge on any atom is 0.233 e. The summed E-state index contributed by atoms with van der Waals surface area (Å²) >= 11 is 3.31. The van der Waals surface area contributed by atoms with Crippen LogP contribution in [-0.2, 0) is 17.8 Å². The number of hydrogen-bond acceptors (Lipinski definition) is 5. The van der Waals surface area contributed by atoms with Crippen molar-refractivity contribution in [3.63, 3.8) is 0 Å². The Kier molecular flexibility index (Phi) is 6.89. The van der Waals surface area contributed by atoms with E-state index >= 15 is 0 Å². The van der Waals surface area contributed by atoms with Gasteiger partial charge < -0.3 is 4.74 Å². The van der Waals surface area contributed by atoms with Crippen LogP contribution in [0.3, 0.4) is 0 Å². The van der Waals surface area contributed by atoms with Gasteiger partial charge in [0.05, 0.1) is 30.3 Å². The first-order chi connectivity index (χ1) is 15.2. The Morgan fingerprint density at radius 1 is 1.03 bits per heavy atom. The average Bonchev–Trinajstić information content (AvgIpc) is 3.22. The van der Waals surface area contributed by atoms with Crippen molar-refractivity contribution < 1.29 is 9.53 Å². The lowest BCUT2D eigenvalue weighted by Gasteiger charge is -2.20. The Balaban J connectivity index is 1.62. The summed E-state index contributed by atoms with van der Waals surface area (Å²) in [6.45, 7) is 2.62. The van der Waals surface area contributed by atoms with Crippen LogP contribution in [0.5, 0.6) is 5.75 Å². The Labute approximate surface area is 190 Å². The van der Waals surface area contributed by atoms with E-state index in [-0.39, 0.29) is 5.91 Å². The smallest absolute Gasteiger partial charge is 0.233 e. The lowest BCUT2D eigenvalue weighted by Crippen LogP contribution is -2.31. The summed E-state index contributed by atoms with van der Waals surface area (Å²) in [5.74, 6) is 1.85. The molecule has 6 heteroatoms. The molecular formula is C25H24N2O2S2. The van der Waals surface area contributed by atoms with Crippen molar-refractivity contribution in [1.82, 2.24) is 4.98 Å². The van der Waals surface area contributed by atoms with Crippen molar-refractivity contribution in [2.45, 2.75) is 24.8 Å². The van der Waals surface area contributed by atoms with Gasteiger partial charge in [-0.05, 0) is 47.2 Å². The van der Waals surface area contributed by atoms with Crippen LogP contribution in [0.25, 0.3) is 10.2 Å². The topological polar surface area (TPSA) is 42.4 Å². The number of nitrogens with zero attached hydrogens (tertiary/aromatic N) is 2. The highest BCUT2D eigenvalue weighted by molar-refractivity contribution is 7.99. The number of hydrogen-bond donors (Lipinski definition) is 0. The molecule has 0 bridgehead atoms. The van der Waals surface area contributed by atoms with Gasteiger partial charge in [-0.25, -0.2) is 4.98 Å². The molecule has 31 heavy (non-hydrogen) atoms. The lowest BCUT2D eigenvalue weighted by molar-refractivity contribution is -0.118. The van der Waals surface area contributed by atoms with Crippen molar-refractivity contribution in [2.24, 2.45) is 0 Å². The van der Waals surface area contributed by atoms with E-state index in [2.05, 4.69) is 19.1 Å². The minimum absolute atomic E-state index is 0.0331. The predicted octanol–water partition coefficient (Wildman–Crippen LogP) is 6.19. The summed E-state index contributed by atoms with van der Waals surface area (Å²) in [6, 6.07) is 24.1. The molecule has 0 fully saturated rings. The van der Waals surface area contributed by atoms with E-state index in [1.165, 1.54) is 16.2 Å². The van der Waals surface area contributed by atoms with Crippen molar-refractivity contribution >= 4 is 44.4 Å². The number of anilines is 1. The highest BCUT2D eigenvalue weighted by atomic mass is 32.2. The molecule has 1 heterocycles. The number of thioether (sulfide) groups is 1. The molecule has 0 N–H and O–H groups in total. The zero-order valence-corrected chi connectivity index (χ0v) is 19.2. The van der Waals surface area contributed by atoms with E-state index < -0.39 is 0 Å². The fraction of sp³-hybridized carbons (Fsp3) is 0.200. The molecule has 4 rings (SSSR count). The molecule has 0 aliphatic rings. The summed E-state index contributed by atoms with van der Waals surface area (Å²) in [4.78, 5) is 21.2. The van der Waals surface area contributed by atoms with E-state index in [1.54, 1.807) is 23.8 Å². The third-order valence-electron chi connectivity index (χ3n) is 4.89. The van der Waals surface area contributed by atoms with Gasteiger partial charge in [0.2, 0.25) is 5.91 Å². The maximum atomic E-state index is 13.4. The zero-order chi connectivity index (χ0) is 21.6. The van der Waals surface area contributed by atoms with Crippen LogP contribution in [0, 0.1) is 0 Å². The lowest BCUT2D eigenvalue weighted by atomic mass is 10.1. The van der Waals surface area contributed by atoms with E-state index in [9.17, 15) is 4.79 Å². The Bertz CT molecular complexity index is 1160. The summed E-state index contributed by atoms with van der Waals surface area (Å²) < 4.78 is 6.34. The Morgan fingerprint density at radius 3 is 2.52 bits per heavy atom. The summed E-state index contributed by atoms with van der Waals surface area (Å²) in [5.41, 5.74) is 2.95. The number of carbonyl (C=O) groups excluding carboxylic acids is 1. The van der Waals surface area contributed by atoms with Crippen LogP contribution >= 0.6 is 23.1 Å². The first-order valence-corrected chi connectivity index (χ1v) is 12.0. The summed E-state index contributed by atoms with van der Waals surface area (Å²) in [5, 5.41) is 0.704. The molecule has 4 aromatic rings. The molecule has 3 aromatic carbocycles. The predicted molar refractivity (Wildman–Crippen MR) is 130 cm³/mol. The van der Waals surface area contributed by atoms with Crippen molar-refractivity contribution in [2.75, 3.05) is 17.8 Å². The molecule has 158 valence electrons. The quantitative estimate of drug-likeness (QED) is 0.301. The van der Waals surface area contributed by atoms with Crippen LogP contribution in [0.4, 0.5) is 5.13 Å². The number of benzene rings is 3. The number of methoxy groups -OCH3 is 1. The molecule has 0 saturated carbocycles. The minimum Gasteiger partial charge on any atom is -0.497 e. The van der Waals surface area contributed by atoms with E-state index in [0.29, 0.717) is 18.1 Å². The van der Waals surface area contributed by atoms with Gasteiger partial charge in [0.15, 0.2) is 5.13 Å². The first-order valence-electron chi connectivity index (χ1n) is 10.2. The number of rotatable bonds is 8. The molecular weight excluding hydrogens is 424 g/mol. The number of ether oxygens (including phenoxy) is 1. The van der Waals surface area contributed by atoms with Crippen LogP contribution in [0.2, 0.25) is 0 Å². The molecule has 0 spiro atoms. The number of thiazole rings is 1. The maximum absolute atomic E-state index is 13.4. The van der Waals surface area contributed by atoms with Crippen LogP contribution in [0.1, 0.15) is 18.1 Å². The van der Waals surface area contributed by atoms with E-state index in [4.69, 9.17) is 9.72 Å². The van der Waals surface area contributed by atoms with Crippen LogP contribution in [0.15, 0.2) is 77.7 Å². The van der Waals surface area contributed by atoms with Crippen LogP contribution < -0.4 is 9.64 Å². The van der Waals surface area contributed by atoms with Gasteiger partial charge in [-0.3, -0.25) is 9.69 Å². The number of aromatic nitrogens is 1. The largest absolute Gasteiger partial charge is 0.497 e. The van der Waals surface area contributed by atoms with Crippen molar-refractivity contribution in [3.8, 4) is 5.75 Å². The Hall–Kier alpha value is -2.83. The second-order valence-corrected chi connectivity index (χ2v) is 9.40. The molecule has 1 aromatic heterocycles. The highest BCUT2D eigenvalue weighted by Crippen LogP contribution is 2.32. The first kappa shape index (κ1) is 21.4. The molecule has 0 aliphatic carbocycles.